The fourth-order valence-corrected chi connectivity index (χ4v) is 8.44. The van der Waals surface area contributed by atoms with Crippen molar-refractivity contribution >= 4 is 5.78 Å². The average Bonchev–Trinajstić information content (AvgIpc) is 2.99. The molecule has 0 radical (unpaired) electrons. The molecular weight excluding hydrogens is 452 g/mol. The van der Waals surface area contributed by atoms with Gasteiger partial charge in [0.15, 0.2) is 5.78 Å². The summed E-state index contributed by atoms with van der Waals surface area (Å²) < 4.78 is 0. The normalized spacial score (nSPS) is 48.3. The van der Waals surface area contributed by atoms with Gasteiger partial charge in [-0.3, -0.25) is 4.79 Å². The van der Waals surface area contributed by atoms with Gasteiger partial charge in [-0.2, -0.15) is 0 Å². The van der Waals surface area contributed by atoms with Crippen molar-refractivity contribution in [3.8, 4) is 0 Å². The molecule has 0 bridgehead atoms. The third-order valence-electron chi connectivity index (χ3n) is 10.5. The second-order valence-electron chi connectivity index (χ2n) is 13.3. The SMILES string of the molecule is CC(C)(O)CC[C@@H](O)[C@](C)(O)[C@H]1CC[C@@]2(O)C3=CC(=O)[C@H]4C[C@@H](O)[C@@H](O)C[C@]4(C)[C@H]3C(O)C[C@]12C. The van der Waals surface area contributed by atoms with Gasteiger partial charge in [-0.1, -0.05) is 13.8 Å². The van der Waals surface area contributed by atoms with Crippen LogP contribution in [0.15, 0.2) is 11.6 Å². The van der Waals surface area contributed by atoms with E-state index in [1.54, 1.807) is 20.8 Å². The molecule has 4 aliphatic rings. The van der Waals surface area contributed by atoms with Crippen molar-refractivity contribution in [2.24, 2.45) is 28.6 Å². The van der Waals surface area contributed by atoms with Crippen molar-refractivity contribution in [3.63, 3.8) is 0 Å². The second-order valence-corrected chi connectivity index (χ2v) is 13.3. The lowest BCUT2D eigenvalue weighted by atomic mass is 9.45. The van der Waals surface area contributed by atoms with Gasteiger partial charge in [0.05, 0.1) is 41.2 Å². The molecule has 0 spiro atoms. The first-order valence-electron chi connectivity index (χ1n) is 13.0. The van der Waals surface area contributed by atoms with E-state index in [0.29, 0.717) is 12.0 Å². The molecule has 35 heavy (non-hydrogen) atoms. The molecule has 200 valence electrons. The molecule has 0 aromatic rings. The van der Waals surface area contributed by atoms with E-state index in [1.807, 2.05) is 13.8 Å². The van der Waals surface area contributed by atoms with Crippen LogP contribution in [0.4, 0.5) is 0 Å². The minimum Gasteiger partial charge on any atom is -0.392 e. The fourth-order valence-electron chi connectivity index (χ4n) is 8.44. The van der Waals surface area contributed by atoms with Crippen LogP contribution in [-0.4, -0.2) is 82.7 Å². The van der Waals surface area contributed by atoms with Crippen molar-refractivity contribution in [3.05, 3.63) is 11.6 Å². The van der Waals surface area contributed by atoms with Gasteiger partial charge in [0.25, 0.3) is 0 Å². The largest absolute Gasteiger partial charge is 0.392 e. The number of rotatable bonds is 5. The van der Waals surface area contributed by atoms with Crippen LogP contribution in [0.3, 0.4) is 0 Å². The number of hydrogen-bond donors (Lipinski definition) is 7. The smallest absolute Gasteiger partial charge is 0.159 e. The summed E-state index contributed by atoms with van der Waals surface area (Å²) in [5, 5.41) is 77.0. The number of aliphatic hydroxyl groups excluding tert-OH is 4. The monoisotopic (exact) mass is 496 g/mol. The Labute approximate surface area is 207 Å². The third kappa shape index (κ3) is 3.95. The van der Waals surface area contributed by atoms with E-state index < -0.39 is 69.8 Å². The van der Waals surface area contributed by atoms with Crippen LogP contribution < -0.4 is 0 Å². The number of aliphatic hydroxyl groups is 7. The summed E-state index contributed by atoms with van der Waals surface area (Å²) in [6.45, 7) is 8.52. The molecule has 1 unspecified atom stereocenters. The number of carbonyl (C=O) groups excluding carboxylic acids is 1. The first-order chi connectivity index (χ1) is 15.9. The maximum absolute atomic E-state index is 13.3. The molecule has 8 nitrogen and oxygen atoms in total. The van der Waals surface area contributed by atoms with Gasteiger partial charge in [0, 0.05) is 17.3 Å². The molecule has 0 saturated heterocycles. The van der Waals surface area contributed by atoms with Crippen LogP contribution in [0.1, 0.15) is 79.6 Å². The highest BCUT2D eigenvalue weighted by Gasteiger charge is 2.71. The summed E-state index contributed by atoms with van der Waals surface area (Å²) in [5.41, 5.74) is -5.42. The highest BCUT2D eigenvalue weighted by atomic mass is 16.3. The van der Waals surface area contributed by atoms with Crippen LogP contribution in [0.5, 0.6) is 0 Å². The lowest BCUT2D eigenvalue weighted by molar-refractivity contribution is -0.197. The zero-order valence-electron chi connectivity index (χ0n) is 21.6. The molecule has 3 fully saturated rings. The number of fused-ring (bicyclic) bond motifs is 5. The van der Waals surface area contributed by atoms with Crippen molar-refractivity contribution in [1.29, 1.82) is 0 Å². The van der Waals surface area contributed by atoms with E-state index in [1.165, 1.54) is 6.08 Å². The molecular formula is C27H44O8. The summed E-state index contributed by atoms with van der Waals surface area (Å²) in [6.07, 6.45) is -1.08. The summed E-state index contributed by atoms with van der Waals surface area (Å²) >= 11 is 0. The molecule has 0 amide bonds. The zero-order valence-corrected chi connectivity index (χ0v) is 21.6. The van der Waals surface area contributed by atoms with Crippen molar-refractivity contribution in [2.75, 3.05) is 0 Å². The maximum Gasteiger partial charge on any atom is 0.159 e. The van der Waals surface area contributed by atoms with E-state index in [0.717, 1.165) is 0 Å². The van der Waals surface area contributed by atoms with E-state index in [9.17, 15) is 40.5 Å². The molecule has 8 heteroatoms. The Balaban J connectivity index is 1.71. The topological polar surface area (TPSA) is 159 Å². The van der Waals surface area contributed by atoms with Gasteiger partial charge in [-0.15, -0.1) is 0 Å². The average molecular weight is 497 g/mol. The summed E-state index contributed by atoms with van der Waals surface area (Å²) in [7, 11) is 0. The van der Waals surface area contributed by atoms with Gasteiger partial charge in [0.1, 0.15) is 0 Å². The second kappa shape index (κ2) is 8.32. The van der Waals surface area contributed by atoms with E-state index in [2.05, 4.69) is 0 Å². The summed E-state index contributed by atoms with van der Waals surface area (Å²) in [4.78, 5) is 13.3. The molecule has 11 atom stereocenters. The van der Waals surface area contributed by atoms with Crippen LogP contribution in [0.2, 0.25) is 0 Å². The summed E-state index contributed by atoms with van der Waals surface area (Å²) in [6, 6.07) is 0. The van der Waals surface area contributed by atoms with Crippen LogP contribution in [0.25, 0.3) is 0 Å². The first kappa shape index (κ1) is 27.2. The highest BCUT2D eigenvalue weighted by molar-refractivity contribution is 5.95. The van der Waals surface area contributed by atoms with Gasteiger partial charge >= 0.3 is 0 Å². The number of carbonyl (C=O) groups is 1. The number of hydrogen-bond acceptors (Lipinski definition) is 8. The van der Waals surface area contributed by atoms with Crippen LogP contribution >= 0.6 is 0 Å². The third-order valence-corrected chi connectivity index (χ3v) is 10.5. The van der Waals surface area contributed by atoms with Crippen LogP contribution in [0, 0.1) is 28.6 Å². The fraction of sp³-hybridized carbons (Fsp3) is 0.889. The maximum atomic E-state index is 13.3. The first-order valence-corrected chi connectivity index (χ1v) is 13.0. The molecule has 0 aromatic carbocycles. The highest BCUT2D eigenvalue weighted by Crippen LogP contribution is 2.68. The molecule has 0 aliphatic heterocycles. The Morgan fingerprint density at radius 1 is 1.06 bits per heavy atom. The predicted octanol–water partition coefficient (Wildman–Crippen LogP) is 0.825. The van der Waals surface area contributed by atoms with Gasteiger partial charge in [-0.25, -0.2) is 0 Å². The zero-order chi connectivity index (χ0) is 26.4. The molecule has 0 heterocycles. The van der Waals surface area contributed by atoms with Crippen molar-refractivity contribution < 1.29 is 40.5 Å². The molecule has 7 N–H and O–H groups in total. The Bertz CT molecular complexity index is 892. The van der Waals surface area contributed by atoms with Crippen molar-refractivity contribution in [2.45, 2.75) is 121 Å². The van der Waals surface area contributed by atoms with E-state index >= 15 is 0 Å². The number of allylic oxidation sites excluding steroid dienone is 1. The van der Waals surface area contributed by atoms with Gasteiger partial charge < -0.3 is 35.7 Å². The van der Waals surface area contributed by atoms with Crippen LogP contribution in [-0.2, 0) is 4.79 Å². The minimum atomic E-state index is -1.59. The van der Waals surface area contributed by atoms with E-state index in [-0.39, 0.29) is 44.3 Å². The Hall–Kier alpha value is -0.870. The molecule has 0 aromatic heterocycles. The summed E-state index contributed by atoms with van der Waals surface area (Å²) in [5.74, 6) is -1.89. The van der Waals surface area contributed by atoms with E-state index in [4.69, 9.17) is 0 Å². The Morgan fingerprint density at radius 2 is 1.69 bits per heavy atom. The standard InChI is InChI=1S/C27H44O8/c1-23(2,33)8-7-21(32)26(5,34)20-6-9-27(35)15-11-16(28)14-10-17(29)18(30)12-24(14,3)22(15)19(31)13-25(20,27)4/h11,14,17-22,29-35H,6-10,12-13H2,1-5H3/t14-,17-,18+,19?,20+,21-,22-,24+,25-,26-,27-/m1/s1. The molecule has 3 saturated carbocycles. The molecule has 4 aliphatic carbocycles. The molecule has 4 rings (SSSR count). The lowest BCUT2D eigenvalue weighted by Crippen LogP contribution is -2.66. The van der Waals surface area contributed by atoms with Gasteiger partial charge in [0.2, 0.25) is 0 Å². The Kier molecular flexibility index (Phi) is 6.46. The lowest BCUT2D eigenvalue weighted by Gasteiger charge is -2.62. The van der Waals surface area contributed by atoms with Gasteiger partial charge in [-0.05, 0) is 88.7 Å². The minimum absolute atomic E-state index is 0.115. The van der Waals surface area contributed by atoms with Crippen molar-refractivity contribution in [1.82, 2.24) is 0 Å². The number of ketones is 1. The Morgan fingerprint density at radius 3 is 2.29 bits per heavy atom. The predicted molar refractivity (Wildman–Crippen MR) is 128 cm³/mol. The quantitative estimate of drug-likeness (QED) is 0.295.